The zero-order chi connectivity index (χ0) is 11.5. The third-order valence-electron chi connectivity index (χ3n) is 3.01. The average Bonchev–Trinajstić information content (AvgIpc) is 2.18. The summed E-state index contributed by atoms with van der Waals surface area (Å²) in [6.45, 7) is 0. The van der Waals surface area contributed by atoms with Crippen LogP contribution in [0.3, 0.4) is 0 Å². The number of hydrogen-bond acceptors (Lipinski definition) is 2. The number of ether oxygens (including phenoxy) is 1. The number of halogens is 3. The van der Waals surface area contributed by atoms with Gasteiger partial charge >= 0.3 is 6.18 Å². The molecule has 0 heterocycles. The SMILES string of the molecule is COC(C1CCC(C=O)CC1)C(F)(F)F. The van der Waals surface area contributed by atoms with Crippen molar-refractivity contribution in [2.24, 2.45) is 11.8 Å². The van der Waals surface area contributed by atoms with Gasteiger partial charge in [-0.3, -0.25) is 0 Å². The van der Waals surface area contributed by atoms with E-state index in [1.165, 1.54) is 0 Å². The number of aldehydes is 1. The van der Waals surface area contributed by atoms with Crippen LogP contribution in [-0.4, -0.2) is 25.7 Å². The molecule has 1 fully saturated rings. The molecule has 0 amide bonds. The van der Waals surface area contributed by atoms with Gasteiger partial charge in [0.1, 0.15) is 6.29 Å². The Bertz CT molecular complexity index is 207. The van der Waals surface area contributed by atoms with Crippen LogP contribution in [0.4, 0.5) is 13.2 Å². The van der Waals surface area contributed by atoms with Crippen LogP contribution in [-0.2, 0) is 9.53 Å². The Morgan fingerprint density at radius 3 is 2.13 bits per heavy atom. The first kappa shape index (κ1) is 12.5. The first-order chi connectivity index (χ1) is 6.99. The molecule has 0 spiro atoms. The Morgan fingerprint density at radius 2 is 1.80 bits per heavy atom. The number of methoxy groups -OCH3 is 1. The molecular formula is C10H15F3O2. The molecule has 1 atom stereocenters. The third kappa shape index (κ3) is 3.19. The zero-order valence-corrected chi connectivity index (χ0v) is 8.59. The summed E-state index contributed by atoms with van der Waals surface area (Å²) >= 11 is 0. The molecule has 1 aliphatic rings. The molecular weight excluding hydrogens is 209 g/mol. The van der Waals surface area contributed by atoms with E-state index < -0.39 is 18.2 Å². The molecule has 1 saturated carbocycles. The first-order valence-electron chi connectivity index (χ1n) is 5.03. The highest BCUT2D eigenvalue weighted by Crippen LogP contribution is 2.37. The van der Waals surface area contributed by atoms with E-state index in [0.29, 0.717) is 25.7 Å². The minimum Gasteiger partial charge on any atom is -0.372 e. The van der Waals surface area contributed by atoms with Crippen LogP contribution in [0.5, 0.6) is 0 Å². The van der Waals surface area contributed by atoms with Crippen molar-refractivity contribution in [2.45, 2.75) is 38.0 Å². The van der Waals surface area contributed by atoms with Crippen LogP contribution in [0.25, 0.3) is 0 Å². The summed E-state index contributed by atoms with van der Waals surface area (Å²) in [6, 6.07) is 0. The molecule has 5 heteroatoms. The summed E-state index contributed by atoms with van der Waals surface area (Å²) in [5, 5.41) is 0. The van der Waals surface area contributed by atoms with Crippen molar-refractivity contribution in [1.29, 1.82) is 0 Å². The van der Waals surface area contributed by atoms with Gasteiger partial charge in [0.25, 0.3) is 0 Å². The predicted molar refractivity (Wildman–Crippen MR) is 48.4 cm³/mol. The smallest absolute Gasteiger partial charge is 0.372 e. The number of carbonyl (C=O) groups is 1. The van der Waals surface area contributed by atoms with Crippen molar-refractivity contribution in [3.63, 3.8) is 0 Å². The molecule has 0 aliphatic heterocycles. The second kappa shape index (κ2) is 4.96. The van der Waals surface area contributed by atoms with E-state index >= 15 is 0 Å². The quantitative estimate of drug-likeness (QED) is 0.689. The maximum atomic E-state index is 12.5. The fourth-order valence-electron chi connectivity index (χ4n) is 2.18. The van der Waals surface area contributed by atoms with Crippen molar-refractivity contribution in [2.75, 3.05) is 7.11 Å². The van der Waals surface area contributed by atoms with E-state index in [9.17, 15) is 18.0 Å². The van der Waals surface area contributed by atoms with Gasteiger partial charge in [0, 0.05) is 13.0 Å². The summed E-state index contributed by atoms with van der Waals surface area (Å²) in [6.07, 6.45) is -3.21. The summed E-state index contributed by atoms with van der Waals surface area (Å²) < 4.78 is 42.0. The number of alkyl halides is 3. The first-order valence-corrected chi connectivity index (χ1v) is 5.03. The zero-order valence-electron chi connectivity index (χ0n) is 8.59. The van der Waals surface area contributed by atoms with Gasteiger partial charge in [-0.2, -0.15) is 13.2 Å². The van der Waals surface area contributed by atoms with Gasteiger partial charge in [0.05, 0.1) is 0 Å². The Labute approximate surface area is 86.8 Å². The molecule has 15 heavy (non-hydrogen) atoms. The summed E-state index contributed by atoms with van der Waals surface area (Å²) in [4.78, 5) is 10.4. The van der Waals surface area contributed by atoms with Gasteiger partial charge in [-0.25, -0.2) is 0 Å². The lowest BCUT2D eigenvalue weighted by atomic mass is 9.80. The van der Waals surface area contributed by atoms with Crippen LogP contribution in [0.15, 0.2) is 0 Å². The van der Waals surface area contributed by atoms with E-state index in [4.69, 9.17) is 0 Å². The van der Waals surface area contributed by atoms with Gasteiger partial charge in [0.2, 0.25) is 0 Å². The van der Waals surface area contributed by atoms with E-state index in [-0.39, 0.29) is 5.92 Å². The van der Waals surface area contributed by atoms with Crippen molar-refractivity contribution in [3.05, 3.63) is 0 Å². The lowest BCUT2D eigenvalue weighted by Gasteiger charge is -2.32. The number of hydrogen-bond donors (Lipinski definition) is 0. The topological polar surface area (TPSA) is 26.3 Å². The van der Waals surface area contributed by atoms with Crippen LogP contribution in [0.2, 0.25) is 0 Å². The predicted octanol–water partition coefficient (Wildman–Crippen LogP) is 2.57. The lowest BCUT2D eigenvalue weighted by molar-refractivity contribution is -0.231. The molecule has 0 radical (unpaired) electrons. The maximum absolute atomic E-state index is 12.5. The van der Waals surface area contributed by atoms with Gasteiger partial charge in [-0.1, -0.05) is 0 Å². The molecule has 1 unspecified atom stereocenters. The molecule has 88 valence electrons. The minimum atomic E-state index is -4.30. The summed E-state index contributed by atoms with van der Waals surface area (Å²) in [7, 11) is 1.09. The highest BCUT2D eigenvalue weighted by Gasteiger charge is 2.45. The summed E-state index contributed by atoms with van der Waals surface area (Å²) in [5.41, 5.74) is 0. The van der Waals surface area contributed by atoms with E-state index in [1.54, 1.807) is 0 Å². The largest absolute Gasteiger partial charge is 0.414 e. The van der Waals surface area contributed by atoms with E-state index in [1.807, 2.05) is 0 Å². The fourth-order valence-corrected chi connectivity index (χ4v) is 2.18. The number of carbonyl (C=O) groups excluding carboxylic acids is 1. The Kier molecular flexibility index (Phi) is 4.13. The second-order valence-electron chi connectivity index (χ2n) is 4.01. The maximum Gasteiger partial charge on any atom is 0.414 e. The van der Waals surface area contributed by atoms with E-state index in [2.05, 4.69) is 4.74 Å². The van der Waals surface area contributed by atoms with Crippen molar-refractivity contribution in [1.82, 2.24) is 0 Å². The molecule has 1 aliphatic carbocycles. The van der Waals surface area contributed by atoms with Crippen LogP contribution in [0.1, 0.15) is 25.7 Å². The van der Waals surface area contributed by atoms with Gasteiger partial charge < -0.3 is 9.53 Å². The molecule has 2 nitrogen and oxygen atoms in total. The Hall–Kier alpha value is -0.580. The van der Waals surface area contributed by atoms with Crippen molar-refractivity contribution < 1.29 is 22.7 Å². The second-order valence-corrected chi connectivity index (χ2v) is 4.01. The fraction of sp³-hybridized carbons (Fsp3) is 0.900. The molecule has 0 saturated heterocycles. The van der Waals surface area contributed by atoms with Crippen molar-refractivity contribution in [3.8, 4) is 0 Å². The third-order valence-corrected chi connectivity index (χ3v) is 3.01. The van der Waals surface area contributed by atoms with Gasteiger partial charge in [-0.15, -0.1) is 0 Å². The van der Waals surface area contributed by atoms with Crippen molar-refractivity contribution >= 4 is 6.29 Å². The van der Waals surface area contributed by atoms with Crippen LogP contribution < -0.4 is 0 Å². The monoisotopic (exact) mass is 224 g/mol. The molecule has 0 aromatic carbocycles. The average molecular weight is 224 g/mol. The highest BCUT2D eigenvalue weighted by atomic mass is 19.4. The number of rotatable bonds is 3. The minimum absolute atomic E-state index is 0.0630. The Balaban J connectivity index is 2.54. The van der Waals surface area contributed by atoms with Gasteiger partial charge in [-0.05, 0) is 31.6 Å². The highest BCUT2D eigenvalue weighted by molar-refractivity contribution is 5.53. The Morgan fingerprint density at radius 1 is 1.27 bits per heavy atom. The normalized spacial score (nSPS) is 29.9. The molecule has 0 aromatic rings. The molecule has 1 rings (SSSR count). The molecule has 0 aromatic heterocycles. The lowest BCUT2D eigenvalue weighted by Crippen LogP contribution is -2.39. The van der Waals surface area contributed by atoms with E-state index in [0.717, 1.165) is 13.4 Å². The standard InChI is InChI=1S/C10H15F3O2/c1-15-9(10(11,12)13)8-4-2-7(6-14)3-5-8/h6-9H,2-5H2,1H3. The van der Waals surface area contributed by atoms with Crippen LogP contribution >= 0.6 is 0 Å². The summed E-state index contributed by atoms with van der Waals surface area (Å²) in [5.74, 6) is -0.557. The van der Waals surface area contributed by atoms with Gasteiger partial charge in [0.15, 0.2) is 6.10 Å². The van der Waals surface area contributed by atoms with Crippen LogP contribution in [0, 0.1) is 11.8 Å². The molecule has 0 bridgehead atoms. The molecule has 0 N–H and O–H groups in total.